The molecule has 1 N–H and O–H groups in total. The van der Waals surface area contributed by atoms with Gasteiger partial charge in [0.15, 0.2) is 0 Å². The standard InChI is InChI=1S/C10H22N2/c1-4-10(6-7-11-8-10)9-12(3)5-2/h11H,4-9H2,1-3H3. The van der Waals surface area contributed by atoms with E-state index in [1.165, 1.54) is 39.0 Å². The minimum Gasteiger partial charge on any atom is -0.316 e. The lowest BCUT2D eigenvalue weighted by atomic mass is 9.84. The van der Waals surface area contributed by atoms with Crippen LogP contribution in [-0.4, -0.2) is 38.1 Å². The van der Waals surface area contributed by atoms with Gasteiger partial charge in [0.1, 0.15) is 0 Å². The molecule has 0 radical (unpaired) electrons. The lowest BCUT2D eigenvalue weighted by molar-refractivity contribution is 0.191. The second kappa shape index (κ2) is 4.24. The van der Waals surface area contributed by atoms with Gasteiger partial charge in [0.2, 0.25) is 0 Å². The number of hydrogen-bond donors (Lipinski definition) is 1. The first-order chi connectivity index (χ1) is 5.72. The molecule has 0 aromatic carbocycles. The van der Waals surface area contributed by atoms with Gasteiger partial charge in [0.25, 0.3) is 0 Å². The van der Waals surface area contributed by atoms with Crippen molar-refractivity contribution in [3.63, 3.8) is 0 Å². The fourth-order valence-electron chi connectivity index (χ4n) is 2.03. The second-order valence-corrected chi connectivity index (χ2v) is 4.11. The highest BCUT2D eigenvalue weighted by atomic mass is 15.1. The molecule has 0 saturated carbocycles. The van der Waals surface area contributed by atoms with Crippen molar-refractivity contribution in [2.45, 2.75) is 26.7 Å². The third-order valence-electron chi connectivity index (χ3n) is 3.23. The maximum Gasteiger partial charge on any atom is 0.00473 e. The van der Waals surface area contributed by atoms with E-state index in [-0.39, 0.29) is 0 Å². The predicted molar refractivity (Wildman–Crippen MR) is 53.4 cm³/mol. The van der Waals surface area contributed by atoms with Crippen LogP contribution >= 0.6 is 0 Å². The van der Waals surface area contributed by atoms with E-state index in [0.717, 1.165) is 0 Å². The number of nitrogens with one attached hydrogen (secondary N) is 1. The Morgan fingerprint density at radius 3 is 2.58 bits per heavy atom. The molecule has 2 heteroatoms. The van der Waals surface area contributed by atoms with Crippen molar-refractivity contribution in [3.05, 3.63) is 0 Å². The average Bonchev–Trinajstić information content (AvgIpc) is 2.54. The zero-order valence-corrected chi connectivity index (χ0v) is 8.69. The third kappa shape index (κ3) is 2.20. The highest BCUT2D eigenvalue weighted by molar-refractivity contribution is 4.88. The van der Waals surface area contributed by atoms with Crippen molar-refractivity contribution in [1.29, 1.82) is 0 Å². The Labute approximate surface area is 76.3 Å². The number of rotatable bonds is 4. The molecule has 0 amide bonds. The lowest BCUT2D eigenvalue weighted by Gasteiger charge is -2.31. The molecule has 12 heavy (non-hydrogen) atoms. The van der Waals surface area contributed by atoms with Gasteiger partial charge in [0.05, 0.1) is 0 Å². The van der Waals surface area contributed by atoms with E-state index < -0.39 is 0 Å². The van der Waals surface area contributed by atoms with Gasteiger partial charge < -0.3 is 10.2 Å². The van der Waals surface area contributed by atoms with Gasteiger partial charge in [-0.3, -0.25) is 0 Å². The Bertz CT molecular complexity index is 128. The summed E-state index contributed by atoms with van der Waals surface area (Å²) in [5.41, 5.74) is 0.574. The average molecular weight is 170 g/mol. The molecule has 2 nitrogen and oxygen atoms in total. The molecule has 1 heterocycles. The normalized spacial score (nSPS) is 30.0. The smallest absolute Gasteiger partial charge is 0.00473 e. The van der Waals surface area contributed by atoms with E-state index in [1.54, 1.807) is 0 Å². The van der Waals surface area contributed by atoms with Gasteiger partial charge in [-0.2, -0.15) is 0 Å². The maximum atomic E-state index is 3.47. The monoisotopic (exact) mass is 170 g/mol. The maximum absolute atomic E-state index is 3.47. The van der Waals surface area contributed by atoms with Crippen molar-refractivity contribution in [2.24, 2.45) is 5.41 Å². The van der Waals surface area contributed by atoms with E-state index >= 15 is 0 Å². The van der Waals surface area contributed by atoms with Crippen molar-refractivity contribution in [1.82, 2.24) is 10.2 Å². The molecule has 0 aromatic heterocycles. The first kappa shape index (κ1) is 10.0. The van der Waals surface area contributed by atoms with Crippen LogP contribution in [0.15, 0.2) is 0 Å². The first-order valence-electron chi connectivity index (χ1n) is 5.12. The number of hydrogen-bond acceptors (Lipinski definition) is 2. The zero-order chi connectivity index (χ0) is 9.03. The molecule has 1 saturated heterocycles. The van der Waals surface area contributed by atoms with Gasteiger partial charge in [-0.25, -0.2) is 0 Å². The van der Waals surface area contributed by atoms with Crippen LogP contribution in [-0.2, 0) is 0 Å². The van der Waals surface area contributed by atoms with Crippen LogP contribution in [0.1, 0.15) is 26.7 Å². The molecule has 0 aromatic rings. The van der Waals surface area contributed by atoms with Crippen molar-refractivity contribution in [3.8, 4) is 0 Å². The quantitative estimate of drug-likeness (QED) is 0.684. The molecule has 1 unspecified atom stereocenters. The molecular formula is C10H22N2. The Morgan fingerprint density at radius 1 is 1.42 bits per heavy atom. The van der Waals surface area contributed by atoms with E-state index in [9.17, 15) is 0 Å². The Morgan fingerprint density at radius 2 is 2.17 bits per heavy atom. The van der Waals surface area contributed by atoms with Crippen LogP contribution < -0.4 is 5.32 Å². The molecule has 1 atom stereocenters. The second-order valence-electron chi connectivity index (χ2n) is 4.11. The molecule has 72 valence electrons. The summed E-state index contributed by atoms with van der Waals surface area (Å²) < 4.78 is 0. The van der Waals surface area contributed by atoms with E-state index in [2.05, 4.69) is 31.1 Å². The van der Waals surface area contributed by atoms with Crippen LogP contribution in [0.5, 0.6) is 0 Å². The van der Waals surface area contributed by atoms with Crippen molar-refractivity contribution in [2.75, 3.05) is 33.2 Å². The zero-order valence-electron chi connectivity index (χ0n) is 8.69. The van der Waals surface area contributed by atoms with Gasteiger partial charge in [-0.15, -0.1) is 0 Å². The van der Waals surface area contributed by atoms with E-state index in [1.807, 2.05) is 0 Å². The van der Waals surface area contributed by atoms with Crippen LogP contribution in [0.4, 0.5) is 0 Å². The molecule has 1 fully saturated rings. The van der Waals surface area contributed by atoms with Gasteiger partial charge >= 0.3 is 0 Å². The summed E-state index contributed by atoms with van der Waals surface area (Å²) in [5, 5.41) is 3.47. The third-order valence-corrected chi connectivity index (χ3v) is 3.23. The van der Waals surface area contributed by atoms with E-state index in [0.29, 0.717) is 5.41 Å². The molecule has 0 bridgehead atoms. The summed E-state index contributed by atoms with van der Waals surface area (Å²) in [6, 6.07) is 0. The predicted octanol–water partition coefficient (Wildman–Crippen LogP) is 1.33. The minimum atomic E-state index is 0.574. The molecule has 0 spiro atoms. The summed E-state index contributed by atoms with van der Waals surface area (Å²) in [6.07, 6.45) is 2.66. The Kier molecular flexibility index (Phi) is 3.53. The summed E-state index contributed by atoms with van der Waals surface area (Å²) in [5.74, 6) is 0. The van der Waals surface area contributed by atoms with Crippen LogP contribution in [0.3, 0.4) is 0 Å². The van der Waals surface area contributed by atoms with Gasteiger partial charge in [-0.1, -0.05) is 13.8 Å². The molecule has 1 aliphatic heterocycles. The van der Waals surface area contributed by atoms with Crippen LogP contribution in [0, 0.1) is 5.41 Å². The SMILES string of the molecule is CCN(C)CC1(CC)CCNC1. The van der Waals surface area contributed by atoms with Crippen LogP contribution in [0.25, 0.3) is 0 Å². The van der Waals surface area contributed by atoms with Gasteiger partial charge in [-0.05, 0) is 38.4 Å². The molecule has 1 rings (SSSR count). The minimum absolute atomic E-state index is 0.574. The summed E-state index contributed by atoms with van der Waals surface area (Å²) in [7, 11) is 2.22. The fourth-order valence-corrected chi connectivity index (χ4v) is 2.03. The van der Waals surface area contributed by atoms with Crippen molar-refractivity contribution < 1.29 is 0 Å². The summed E-state index contributed by atoms with van der Waals surface area (Å²) in [6.45, 7) is 9.40. The number of nitrogens with zero attached hydrogens (tertiary/aromatic N) is 1. The van der Waals surface area contributed by atoms with Gasteiger partial charge in [0, 0.05) is 13.1 Å². The Hall–Kier alpha value is -0.0800. The Balaban J connectivity index is 2.43. The topological polar surface area (TPSA) is 15.3 Å². The molecule has 1 aliphatic rings. The summed E-state index contributed by atoms with van der Waals surface area (Å²) >= 11 is 0. The summed E-state index contributed by atoms with van der Waals surface area (Å²) in [4.78, 5) is 2.43. The lowest BCUT2D eigenvalue weighted by Crippen LogP contribution is -2.36. The van der Waals surface area contributed by atoms with E-state index in [4.69, 9.17) is 0 Å². The highest BCUT2D eigenvalue weighted by Crippen LogP contribution is 2.29. The van der Waals surface area contributed by atoms with Crippen molar-refractivity contribution >= 4 is 0 Å². The van der Waals surface area contributed by atoms with Crippen LogP contribution in [0.2, 0.25) is 0 Å². The molecular weight excluding hydrogens is 148 g/mol. The fraction of sp³-hybridized carbons (Fsp3) is 1.00. The molecule has 0 aliphatic carbocycles. The largest absolute Gasteiger partial charge is 0.316 e. The highest BCUT2D eigenvalue weighted by Gasteiger charge is 2.32. The first-order valence-corrected chi connectivity index (χ1v) is 5.12.